The van der Waals surface area contributed by atoms with Crippen LogP contribution in [0, 0.1) is 13.8 Å². The average molecular weight is 447 g/mol. The van der Waals surface area contributed by atoms with E-state index in [1.165, 1.54) is 0 Å². The van der Waals surface area contributed by atoms with E-state index in [0.29, 0.717) is 29.7 Å². The molecule has 33 heavy (non-hydrogen) atoms. The van der Waals surface area contributed by atoms with Crippen LogP contribution in [-0.4, -0.2) is 30.4 Å². The van der Waals surface area contributed by atoms with Crippen molar-refractivity contribution < 1.29 is 19.0 Å². The molecule has 0 radical (unpaired) electrons. The predicted octanol–water partition coefficient (Wildman–Crippen LogP) is 5.42. The van der Waals surface area contributed by atoms with Gasteiger partial charge in [0.25, 0.3) is 0 Å². The smallest absolute Gasteiger partial charge is 0.324 e. The van der Waals surface area contributed by atoms with E-state index in [2.05, 4.69) is 20.8 Å². The minimum Gasteiger partial charge on any atom is -0.497 e. The van der Waals surface area contributed by atoms with E-state index in [0.717, 1.165) is 33.3 Å². The molecule has 0 atom stereocenters. The van der Waals surface area contributed by atoms with Crippen molar-refractivity contribution >= 4 is 28.4 Å². The maximum atomic E-state index is 12.5. The molecule has 1 aromatic heterocycles. The van der Waals surface area contributed by atoms with Gasteiger partial charge in [-0.25, -0.2) is 4.79 Å². The molecular formula is C25H26N4O4. The van der Waals surface area contributed by atoms with Gasteiger partial charge in [-0.15, -0.1) is 0 Å². The number of urea groups is 1. The minimum absolute atomic E-state index is 0.344. The van der Waals surface area contributed by atoms with E-state index >= 15 is 0 Å². The number of aryl methyl sites for hydroxylation is 2. The normalized spacial score (nSPS) is 10.7. The molecule has 0 aliphatic heterocycles. The zero-order valence-electron chi connectivity index (χ0n) is 19.0. The van der Waals surface area contributed by atoms with Gasteiger partial charge < -0.3 is 19.5 Å². The van der Waals surface area contributed by atoms with Crippen LogP contribution in [0.1, 0.15) is 16.7 Å². The SMILES string of the molecule is COc1cc(COc2ccc3c(NC(=O)Nc4ccc(C)cc4C)n[nH]c3c2)cc(OC)c1. The molecule has 0 aliphatic carbocycles. The molecule has 3 aromatic carbocycles. The van der Waals surface area contributed by atoms with Crippen LogP contribution in [0.2, 0.25) is 0 Å². The number of aromatic nitrogens is 2. The second kappa shape index (κ2) is 9.52. The molecule has 0 saturated carbocycles. The molecule has 4 aromatic rings. The van der Waals surface area contributed by atoms with Crippen LogP contribution in [-0.2, 0) is 6.61 Å². The standard InChI is InChI=1S/C25H26N4O4/c1-15-5-8-22(16(2)9-15)26-25(30)27-24-21-7-6-18(13-23(21)28-29-24)33-14-17-10-19(31-3)12-20(11-17)32-4/h5-13H,14H2,1-4H3,(H3,26,27,28,29,30). The van der Waals surface area contributed by atoms with Crippen LogP contribution < -0.4 is 24.8 Å². The minimum atomic E-state index is -0.359. The number of methoxy groups -OCH3 is 2. The quantitative estimate of drug-likeness (QED) is 0.352. The second-order valence-corrected chi connectivity index (χ2v) is 7.69. The lowest BCUT2D eigenvalue weighted by Crippen LogP contribution is -2.20. The lowest BCUT2D eigenvalue weighted by Gasteiger charge is -2.10. The molecular weight excluding hydrogens is 420 g/mol. The summed E-state index contributed by atoms with van der Waals surface area (Å²) < 4.78 is 16.5. The Kier molecular flexibility index (Phi) is 6.35. The molecule has 170 valence electrons. The molecule has 0 saturated heterocycles. The zero-order valence-corrected chi connectivity index (χ0v) is 19.0. The summed E-state index contributed by atoms with van der Waals surface area (Å²) in [7, 11) is 3.22. The van der Waals surface area contributed by atoms with Crippen molar-refractivity contribution in [3.63, 3.8) is 0 Å². The molecule has 8 nitrogen and oxygen atoms in total. The molecule has 0 spiro atoms. The van der Waals surface area contributed by atoms with E-state index in [4.69, 9.17) is 14.2 Å². The summed E-state index contributed by atoms with van der Waals surface area (Å²) in [6.07, 6.45) is 0. The van der Waals surface area contributed by atoms with E-state index in [-0.39, 0.29) is 6.03 Å². The summed E-state index contributed by atoms with van der Waals surface area (Å²) in [6, 6.07) is 16.6. The fourth-order valence-corrected chi connectivity index (χ4v) is 3.52. The maximum absolute atomic E-state index is 12.5. The Labute approximate surface area is 191 Å². The number of hydrogen-bond donors (Lipinski definition) is 3. The highest BCUT2D eigenvalue weighted by Crippen LogP contribution is 2.27. The molecule has 1 heterocycles. The summed E-state index contributed by atoms with van der Waals surface area (Å²) in [5.74, 6) is 2.51. The number of fused-ring (bicyclic) bond motifs is 1. The van der Waals surface area contributed by atoms with Gasteiger partial charge in [-0.2, -0.15) is 5.10 Å². The molecule has 3 N–H and O–H groups in total. The predicted molar refractivity (Wildman–Crippen MR) is 129 cm³/mol. The fraction of sp³-hybridized carbons (Fsp3) is 0.200. The Morgan fingerprint density at radius 2 is 1.67 bits per heavy atom. The first-order chi connectivity index (χ1) is 15.9. The zero-order chi connectivity index (χ0) is 23.4. The van der Waals surface area contributed by atoms with Crippen LogP contribution in [0.25, 0.3) is 10.9 Å². The van der Waals surface area contributed by atoms with Gasteiger partial charge in [-0.1, -0.05) is 17.7 Å². The molecule has 8 heteroatoms. The third-order valence-corrected chi connectivity index (χ3v) is 5.21. The lowest BCUT2D eigenvalue weighted by atomic mass is 10.1. The molecule has 2 amide bonds. The number of aromatic amines is 1. The van der Waals surface area contributed by atoms with Crippen molar-refractivity contribution in [1.82, 2.24) is 10.2 Å². The Hall–Kier alpha value is -4.20. The fourth-order valence-electron chi connectivity index (χ4n) is 3.52. The Balaban J connectivity index is 1.43. The number of carbonyl (C=O) groups is 1. The van der Waals surface area contributed by atoms with Gasteiger partial charge in [-0.3, -0.25) is 10.4 Å². The van der Waals surface area contributed by atoms with Crippen molar-refractivity contribution in [3.05, 3.63) is 71.3 Å². The first-order valence-corrected chi connectivity index (χ1v) is 10.4. The van der Waals surface area contributed by atoms with Crippen molar-refractivity contribution in [2.75, 3.05) is 24.9 Å². The number of rotatable bonds is 7. The van der Waals surface area contributed by atoms with E-state index in [9.17, 15) is 4.79 Å². The van der Waals surface area contributed by atoms with Crippen LogP contribution in [0.4, 0.5) is 16.3 Å². The van der Waals surface area contributed by atoms with Gasteiger partial charge in [0.1, 0.15) is 23.9 Å². The number of hydrogen-bond acceptors (Lipinski definition) is 5. The number of anilines is 2. The number of benzene rings is 3. The maximum Gasteiger partial charge on any atom is 0.324 e. The third-order valence-electron chi connectivity index (χ3n) is 5.21. The van der Waals surface area contributed by atoms with E-state index in [1.807, 2.05) is 68.4 Å². The van der Waals surface area contributed by atoms with Gasteiger partial charge in [0.2, 0.25) is 0 Å². The highest BCUT2D eigenvalue weighted by Gasteiger charge is 2.12. The van der Waals surface area contributed by atoms with Gasteiger partial charge in [0, 0.05) is 23.2 Å². The van der Waals surface area contributed by atoms with Crippen LogP contribution >= 0.6 is 0 Å². The first kappa shape index (κ1) is 22.0. The number of nitrogens with one attached hydrogen (secondary N) is 3. The second-order valence-electron chi connectivity index (χ2n) is 7.69. The van der Waals surface area contributed by atoms with Gasteiger partial charge in [-0.05, 0) is 55.3 Å². The largest absolute Gasteiger partial charge is 0.497 e. The average Bonchev–Trinajstić information content (AvgIpc) is 3.21. The molecule has 0 aliphatic rings. The third kappa shape index (κ3) is 5.17. The molecule has 0 unspecified atom stereocenters. The lowest BCUT2D eigenvalue weighted by molar-refractivity contribution is 0.262. The Bertz CT molecular complexity index is 1280. The number of nitrogens with zero attached hydrogens (tertiary/aromatic N) is 1. The van der Waals surface area contributed by atoms with E-state index < -0.39 is 0 Å². The summed E-state index contributed by atoms with van der Waals surface area (Å²) in [4.78, 5) is 12.5. The van der Waals surface area contributed by atoms with Crippen molar-refractivity contribution in [2.24, 2.45) is 0 Å². The number of ether oxygens (including phenoxy) is 3. The number of H-pyrrole nitrogens is 1. The Morgan fingerprint density at radius 1 is 0.909 bits per heavy atom. The van der Waals surface area contributed by atoms with Crippen molar-refractivity contribution in [3.8, 4) is 17.2 Å². The summed E-state index contributed by atoms with van der Waals surface area (Å²) in [6.45, 7) is 4.31. The van der Waals surface area contributed by atoms with Crippen LogP contribution in [0.3, 0.4) is 0 Å². The summed E-state index contributed by atoms with van der Waals surface area (Å²) in [5, 5.41) is 13.6. The van der Waals surface area contributed by atoms with E-state index in [1.54, 1.807) is 14.2 Å². The topological polar surface area (TPSA) is 97.5 Å². The highest BCUT2D eigenvalue weighted by atomic mass is 16.5. The molecule has 0 fully saturated rings. The number of carbonyl (C=O) groups excluding carboxylic acids is 1. The molecule has 0 bridgehead atoms. The van der Waals surface area contributed by atoms with Crippen LogP contribution in [0.15, 0.2) is 54.6 Å². The van der Waals surface area contributed by atoms with Crippen molar-refractivity contribution in [2.45, 2.75) is 20.5 Å². The highest BCUT2D eigenvalue weighted by molar-refractivity contribution is 6.04. The van der Waals surface area contributed by atoms with Crippen LogP contribution in [0.5, 0.6) is 17.2 Å². The molecule has 4 rings (SSSR count). The number of amides is 2. The Morgan fingerprint density at radius 3 is 2.36 bits per heavy atom. The van der Waals surface area contributed by atoms with Gasteiger partial charge >= 0.3 is 6.03 Å². The monoisotopic (exact) mass is 446 g/mol. The van der Waals surface area contributed by atoms with Gasteiger partial charge in [0.15, 0.2) is 5.82 Å². The summed E-state index contributed by atoms with van der Waals surface area (Å²) >= 11 is 0. The summed E-state index contributed by atoms with van der Waals surface area (Å²) in [5.41, 5.74) is 4.55. The van der Waals surface area contributed by atoms with Gasteiger partial charge in [0.05, 0.1) is 19.7 Å². The first-order valence-electron chi connectivity index (χ1n) is 10.4. The van der Waals surface area contributed by atoms with Crippen molar-refractivity contribution in [1.29, 1.82) is 0 Å².